The molecule has 2 aromatic rings. The van der Waals surface area contributed by atoms with E-state index in [2.05, 4.69) is 30.7 Å². The Morgan fingerprint density at radius 2 is 1.90 bits per heavy atom. The van der Waals surface area contributed by atoms with Gasteiger partial charge < -0.3 is 20.7 Å². The van der Waals surface area contributed by atoms with Gasteiger partial charge in [0.25, 0.3) is 5.91 Å². The minimum absolute atomic E-state index is 0. The quantitative estimate of drug-likeness (QED) is 0.205. The van der Waals surface area contributed by atoms with Crippen LogP contribution in [0, 0.1) is 0 Å². The second kappa shape index (κ2) is 13.6. The molecule has 1 aromatic heterocycles. The van der Waals surface area contributed by atoms with E-state index in [1.165, 1.54) is 12.3 Å². The average molecular weight is 519 g/mol. The number of benzene rings is 1. The molecule has 0 aliphatic rings. The van der Waals surface area contributed by atoms with Gasteiger partial charge >= 0.3 is 6.61 Å². The van der Waals surface area contributed by atoms with Gasteiger partial charge in [0, 0.05) is 37.6 Å². The molecule has 2 rings (SSSR count). The van der Waals surface area contributed by atoms with Crippen molar-refractivity contribution in [3.8, 4) is 5.75 Å². The first-order valence-corrected chi connectivity index (χ1v) is 8.83. The Morgan fingerprint density at radius 1 is 1.14 bits per heavy atom. The smallest absolute Gasteiger partial charge is 0.387 e. The largest absolute Gasteiger partial charge is 0.434 e. The third-order valence-electron chi connectivity index (χ3n) is 3.57. The molecule has 0 saturated heterocycles. The number of alkyl halides is 2. The highest BCUT2D eigenvalue weighted by molar-refractivity contribution is 14.0. The van der Waals surface area contributed by atoms with Crippen LogP contribution in [0.2, 0.25) is 0 Å². The number of hydrogen-bond donors (Lipinski definition) is 3. The Labute approximate surface area is 185 Å². The molecule has 3 N–H and O–H groups in total. The molecule has 1 amide bonds. The SMILES string of the molecule is CCNC(=NCc1ccccc1OC(F)F)NCCNC(=O)c1cccnc1.I. The van der Waals surface area contributed by atoms with E-state index in [4.69, 9.17) is 0 Å². The van der Waals surface area contributed by atoms with Crippen LogP contribution in [0.15, 0.2) is 53.8 Å². The van der Waals surface area contributed by atoms with Gasteiger partial charge in [0.1, 0.15) is 5.75 Å². The molecule has 7 nitrogen and oxygen atoms in total. The van der Waals surface area contributed by atoms with Crippen LogP contribution in [0.25, 0.3) is 0 Å². The number of nitrogens with one attached hydrogen (secondary N) is 3. The van der Waals surface area contributed by atoms with Gasteiger partial charge in [0.05, 0.1) is 12.1 Å². The van der Waals surface area contributed by atoms with E-state index in [0.29, 0.717) is 36.7 Å². The summed E-state index contributed by atoms with van der Waals surface area (Å²) in [6.07, 6.45) is 3.09. The number of guanidine groups is 1. The highest BCUT2D eigenvalue weighted by Crippen LogP contribution is 2.20. The van der Waals surface area contributed by atoms with Crippen LogP contribution in [0.5, 0.6) is 5.75 Å². The van der Waals surface area contributed by atoms with Crippen molar-refractivity contribution in [2.75, 3.05) is 19.6 Å². The summed E-state index contributed by atoms with van der Waals surface area (Å²) in [7, 11) is 0. The fraction of sp³-hybridized carbons (Fsp3) is 0.316. The third kappa shape index (κ3) is 9.03. The molecule has 158 valence electrons. The van der Waals surface area contributed by atoms with E-state index in [-0.39, 0.29) is 42.2 Å². The Morgan fingerprint density at radius 3 is 2.59 bits per heavy atom. The molecule has 0 atom stereocenters. The molecule has 0 aliphatic heterocycles. The fourth-order valence-electron chi connectivity index (χ4n) is 2.31. The summed E-state index contributed by atoms with van der Waals surface area (Å²) in [6.45, 7) is 0.634. The molecule has 0 fully saturated rings. The summed E-state index contributed by atoms with van der Waals surface area (Å²) in [5, 5.41) is 8.91. The van der Waals surface area contributed by atoms with Gasteiger partial charge in [-0.3, -0.25) is 9.78 Å². The molecule has 0 saturated carbocycles. The molecule has 0 aliphatic carbocycles. The maximum absolute atomic E-state index is 12.5. The zero-order chi connectivity index (χ0) is 20.2. The normalized spacial score (nSPS) is 10.8. The topological polar surface area (TPSA) is 87.6 Å². The maximum Gasteiger partial charge on any atom is 0.387 e. The van der Waals surface area contributed by atoms with Crippen molar-refractivity contribution >= 4 is 35.8 Å². The molecule has 10 heteroatoms. The van der Waals surface area contributed by atoms with Gasteiger partial charge in [-0.15, -0.1) is 24.0 Å². The van der Waals surface area contributed by atoms with Crippen molar-refractivity contribution < 1.29 is 18.3 Å². The first kappa shape index (κ1) is 24.5. The van der Waals surface area contributed by atoms with Crippen LogP contribution in [0.1, 0.15) is 22.8 Å². The zero-order valence-electron chi connectivity index (χ0n) is 15.9. The van der Waals surface area contributed by atoms with Gasteiger partial charge in [0.15, 0.2) is 5.96 Å². The number of aromatic nitrogens is 1. The lowest BCUT2D eigenvalue weighted by atomic mass is 10.2. The van der Waals surface area contributed by atoms with Crippen molar-refractivity contribution in [1.82, 2.24) is 20.9 Å². The van der Waals surface area contributed by atoms with Crippen molar-refractivity contribution in [3.05, 3.63) is 59.9 Å². The summed E-state index contributed by atoms with van der Waals surface area (Å²) in [6, 6.07) is 9.89. The van der Waals surface area contributed by atoms with E-state index in [1.807, 2.05) is 6.92 Å². The van der Waals surface area contributed by atoms with Gasteiger partial charge in [0.2, 0.25) is 0 Å². The Hall–Kier alpha value is -2.50. The third-order valence-corrected chi connectivity index (χ3v) is 3.57. The van der Waals surface area contributed by atoms with Crippen LogP contribution in [0.4, 0.5) is 8.78 Å². The van der Waals surface area contributed by atoms with Gasteiger partial charge in [-0.2, -0.15) is 8.78 Å². The Bertz CT molecular complexity index is 778. The first-order chi connectivity index (χ1) is 13.6. The monoisotopic (exact) mass is 519 g/mol. The number of aliphatic imine (C=N–C) groups is 1. The van der Waals surface area contributed by atoms with Gasteiger partial charge in [-0.05, 0) is 25.1 Å². The Kier molecular flexibility index (Phi) is 11.5. The number of rotatable bonds is 9. The van der Waals surface area contributed by atoms with Crippen molar-refractivity contribution in [2.24, 2.45) is 4.99 Å². The van der Waals surface area contributed by atoms with E-state index in [1.54, 1.807) is 36.5 Å². The predicted octanol–water partition coefficient (Wildman–Crippen LogP) is 2.79. The molecule has 1 aromatic carbocycles. The second-order valence-electron chi connectivity index (χ2n) is 5.61. The lowest BCUT2D eigenvalue weighted by Crippen LogP contribution is -2.41. The molecule has 29 heavy (non-hydrogen) atoms. The number of pyridine rings is 1. The minimum atomic E-state index is -2.89. The molecule has 1 heterocycles. The highest BCUT2D eigenvalue weighted by Gasteiger charge is 2.09. The van der Waals surface area contributed by atoms with Crippen LogP contribution in [-0.2, 0) is 6.54 Å². The van der Waals surface area contributed by atoms with E-state index in [0.717, 1.165) is 0 Å². The van der Waals surface area contributed by atoms with Crippen LogP contribution >= 0.6 is 24.0 Å². The predicted molar refractivity (Wildman–Crippen MR) is 118 cm³/mol. The number of halogens is 3. The number of hydrogen-bond acceptors (Lipinski definition) is 4. The Balaban J connectivity index is 0.00000420. The van der Waals surface area contributed by atoms with Crippen LogP contribution in [-0.4, -0.2) is 43.1 Å². The summed E-state index contributed by atoms with van der Waals surface area (Å²) in [4.78, 5) is 20.2. The zero-order valence-corrected chi connectivity index (χ0v) is 18.2. The summed E-state index contributed by atoms with van der Waals surface area (Å²) in [5.41, 5.74) is 1.03. The number of nitrogens with zero attached hydrogens (tertiary/aromatic N) is 2. The van der Waals surface area contributed by atoms with Gasteiger partial charge in [-0.25, -0.2) is 4.99 Å². The number of para-hydroxylation sites is 1. The van der Waals surface area contributed by atoms with Crippen molar-refractivity contribution in [2.45, 2.75) is 20.1 Å². The summed E-state index contributed by atoms with van der Waals surface area (Å²) < 4.78 is 29.5. The molecular weight excluding hydrogens is 495 g/mol. The molecule has 0 unspecified atom stereocenters. The first-order valence-electron chi connectivity index (χ1n) is 8.83. The lowest BCUT2D eigenvalue weighted by molar-refractivity contribution is -0.0504. The number of carbonyl (C=O) groups excluding carboxylic acids is 1. The number of carbonyl (C=O) groups is 1. The van der Waals surface area contributed by atoms with Gasteiger partial charge in [-0.1, -0.05) is 18.2 Å². The van der Waals surface area contributed by atoms with Crippen LogP contribution < -0.4 is 20.7 Å². The summed E-state index contributed by atoms with van der Waals surface area (Å²) >= 11 is 0. The lowest BCUT2D eigenvalue weighted by Gasteiger charge is -2.13. The number of ether oxygens (including phenoxy) is 1. The average Bonchev–Trinajstić information content (AvgIpc) is 2.70. The van der Waals surface area contributed by atoms with Crippen molar-refractivity contribution in [1.29, 1.82) is 0 Å². The van der Waals surface area contributed by atoms with E-state index in [9.17, 15) is 13.6 Å². The standard InChI is InChI=1S/C19H23F2N5O2.HI/c1-2-23-19(25-11-10-24-17(27)15-7-5-9-22-12-15)26-13-14-6-3-4-8-16(14)28-18(20)21;/h3-9,12,18H,2,10-11,13H2,1H3,(H,24,27)(H2,23,25,26);1H. The second-order valence-corrected chi connectivity index (χ2v) is 5.61. The van der Waals surface area contributed by atoms with E-state index < -0.39 is 6.61 Å². The van der Waals surface area contributed by atoms with E-state index >= 15 is 0 Å². The molecule has 0 bridgehead atoms. The maximum atomic E-state index is 12.5. The summed E-state index contributed by atoms with van der Waals surface area (Å²) in [5.74, 6) is 0.390. The minimum Gasteiger partial charge on any atom is -0.434 e. The molecular formula is C19H24F2IN5O2. The van der Waals surface area contributed by atoms with Crippen molar-refractivity contribution in [3.63, 3.8) is 0 Å². The number of amides is 1. The molecule has 0 radical (unpaired) electrons. The molecule has 0 spiro atoms. The van der Waals surface area contributed by atoms with Crippen LogP contribution in [0.3, 0.4) is 0 Å². The highest BCUT2D eigenvalue weighted by atomic mass is 127. The fourth-order valence-corrected chi connectivity index (χ4v) is 2.31.